The number of ether oxygens (including phenoxy) is 1. The molecule has 1 aromatic heterocycles. The maximum Gasteiger partial charge on any atom is 0.0827 e. The number of nitrogens with zero attached hydrogens (tertiary/aromatic N) is 3. The van der Waals surface area contributed by atoms with E-state index in [-0.39, 0.29) is 0 Å². The van der Waals surface area contributed by atoms with E-state index < -0.39 is 0 Å². The van der Waals surface area contributed by atoms with Crippen LogP contribution in [-0.4, -0.2) is 28.7 Å². The first-order chi connectivity index (χ1) is 7.36. The Hall–Kier alpha value is -0.900. The van der Waals surface area contributed by atoms with Crippen molar-refractivity contribution in [3.63, 3.8) is 0 Å². The lowest BCUT2D eigenvalue weighted by Crippen LogP contribution is -1.97. The zero-order valence-corrected chi connectivity index (χ0v) is 9.78. The van der Waals surface area contributed by atoms with E-state index in [9.17, 15) is 0 Å². The summed E-state index contributed by atoms with van der Waals surface area (Å²) in [5.41, 5.74) is 1.10. The zero-order chi connectivity index (χ0) is 10.9. The van der Waals surface area contributed by atoms with E-state index in [1.807, 2.05) is 4.68 Å². The van der Waals surface area contributed by atoms with E-state index in [2.05, 4.69) is 23.4 Å². The summed E-state index contributed by atoms with van der Waals surface area (Å²) < 4.78 is 6.94. The monoisotopic (exact) mass is 211 g/mol. The van der Waals surface area contributed by atoms with Crippen molar-refractivity contribution in [2.45, 2.75) is 45.6 Å². The summed E-state index contributed by atoms with van der Waals surface area (Å²) in [5, 5.41) is 8.23. The molecule has 0 bridgehead atoms. The predicted molar refractivity (Wildman–Crippen MR) is 59.7 cm³/mol. The molecule has 0 N–H and O–H groups in total. The highest BCUT2D eigenvalue weighted by Gasteiger charge is 1.99. The molecule has 0 spiro atoms. The largest absolute Gasteiger partial charge is 0.385 e. The minimum absolute atomic E-state index is 0.837. The van der Waals surface area contributed by atoms with Crippen LogP contribution in [0.15, 0.2) is 6.20 Å². The fraction of sp³-hybridized carbons (Fsp3) is 0.818. The van der Waals surface area contributed by atoms with Gasteiger partial charge in [0.1, 0.15) is 0 Å². The van der Waals surface area contributed by atoms with Crippen LogP contribution in [0.2, 0.25) is 0 Å². The highest BCUT2D eigenvalue weighted by Crippen LogP contribution is 2.02. The van der Waals surface area contributed by atoms with Gasteiger partial charge in [-0.2, -0.15) is 0 Å². The summed E-state index contributed by atoms with van der Waals surface area (Å²) in [7, 11) is 1.74. The SMILES string of the molecule is CCCCn1cc(CCCCOC)nn1. The second-order valence-electron chi connectivity index (χ2n) is 3.78. The molecule has 1 rings (SSSR count). The average Bonchev–Trinajstić information content (AvgIpc) is 2.69. The molecule has 1 heterocycles. The van der Waals surface area contributed by atoms with Gasteiger partial charge in [-0.25, -0.2) is 0 Å². The topological polar surface area (TPSA) is 39.9 Å². The number of aryl methyl sites for hydroxylation is 2. The van der Waals surface area contributed by atoms with Gasteiger partial charge in [-0.1, -0.05) is 18.6 Å². The van der Waals surface area contributed by atoms with E-state index in [1.54, 1.807) is 7.11 Å². The van der Waals surface area contributed by atoms with E-state index in [1.165, 1.54) is 12.8 Å². The van der Waals surface area contributed by atoms with Gasteiger partial charge in [0.05, 0.1) is 5.69 Å². The lowest BCUT2D eigenvalue weighted by Gasteiger charge is -1.97. The van der Waals surface area contributed by atoms with Crippen LogP contribution in [0, 0.1) is 0 Å². The Balaban J connectivity index is 2.20. The maximum absolute atomic E-state index is 5.00. The van der Waals surface area contributed by atoms with E-state index >= 15 is 0 Å². The van der Waals surface area contributed by atoms with Crippen molar-refractivity contribution in [1.82, 2.24) is 15.0 Å². The fourth-order valence-corrected chi connectivity index (χ4v) is 1.43. The highest BCUT2D eigenvalue weighted by molar-refractivity contribution is 4.92. The van der Waals surface area contributed by atoms with Gasteiger partial charge in [-0.15, -0.1) is 5.10 Å². The number of hydrogen-bond acceptors (Lipinski definition) is 3. The van der Waals surface area contributed by atoms with Crippen molar-refractivity contribution < 1.29 is 4.74 Å². The lowest BCUT2D eigenvalue weighted by atomic mass is 10.2. The number of unbranched alkanes of at least 4 members (excludes halogenated alkanes) is 2. The van der Waals surface area contributed by atoms with Crippen LogP contribution in [0.1, 0.15) is 38.3 Å². The molecule has 0 aliphatic carbocycles. The Morgan fingerprint density at radius 3 is 2.93 bits per heavy atom. The summed E-state index contributed by atoms with van der Waals surface area (Å²) in [6.45, 7) is 4.01. The van der Waals surface area contributed by atoms with E-state index in [0.717, 1.165) is 38.1 Å². The summed E-state index contributed by atoms with van der Waals surface area (Å²) in [4.78, 5) is 0. The molecular weight excluding hydrogens is 190 g/mol. The third kappa shape index (κ3) is 4.93. The van der Waals surface area contributed by atoms with Gasteiger partial charge in [0.15, 0.2) is 0 Å². The van der Waals surface area contributed by atoms with Gasteiger partial charge in [0, 0.05) is 26.5 Å². The Morgan fingerprint density at radius 1 is 1.33 bits per heavy atom. The van der Waals surface area contributed by atoms with Gasteiger partial charge in [0.2, 0.25) is 0 Å². The Labute approximate surface area is 91.6 Å². The van der Waals surface area contributed by atoms with Gasteiger partial charge in [-0.3, -0.25) is 4.68 Å². The summed E-state index contributed by atoms with van der Waals surface area (Å²) in [6, 6.07) is 0. The third-order valence-electron chi connectivity index (χ3n) is 2.36. The van der Waals surface area contributed by atoms with Gasteiger partial charge in [-0.05, 0) is 25.7 Å². The molecule has 0 unspecified atom stereocenters. The van der Waals surface area contributed by atoms with Crippen LogP contribution < -0.4 is 0 Å². The van der Waals surface area contributed by atoms with Gasteiger partial charge >= 0.3 is 0 Å². The smallest absolute Gasteiger partial charge is 0.0827 e. The second kappa shape index (κ2) is 7.40. The molecule has 0 radical (unpaired) electrons. The molecule has 4 nitrogen and oxygen atoms in total. The van der Waals surface area contributed by atoms with Crippen molar-refractivity contribution in [2.75, 3.05) is 13.7 Å². The highest BCUT2D eigenvalue weighted by atomic mass is 16.5. The van der Waals surface area contributed by atoms with E-state index in [0.29, 0.717) is 0 Å². The Kier molecular flexibility index (Phi) is 6.00. The minimum Gasteiger partial charge on any atom is -0.385 e. The molecule has 15 heavy (non-hydrogen) atoms. The van der Waals surface area contributed by atoms with E-state index in [4.69, 9.17) is 4.74 Å². The van der Waals surface area contributed by atoms with Crippen molar-refractivity contribution in [2.24, 2.45) is 0 Å². The number of hydrogen-bond donors (Lipinski definition) is 0. The van der Waals surface area contributed by atoms with Crippen LogP contribution in [0.4, 0.5) is 0 Å². The summed E-state index contributed by atoms with van der Waals surface area (Å²) >= 11 is 0. The molecule has 0 aromatic carbocycles. The maximum atomic E-state index is 5.00. The number of methoxy groups -OCH3 is 1. The van der Waals surface area contributed by atoms with Crippen LogP contribution >= 0.6 is 0 Å². The molecule has 0 amide bonds. The first-order valence-electron chi connectivity index (χ1n) is 5.74. The first-order valence-corrected chi connectivity index (χ1v) is 5.74. The van der Waals surface area contributed by atoms with Gasteiger partial charge < -0.3 is 4.74 Å². The zero-order valence-electron chi connectivity index (χ0n) is 9.78. The van der Waals surface area contributed by atoms with Crippen molar-refractivity contribution in [1.29, 1.82) is 0 Å². The van der Waals surface area contributed by atoms with Crippen molar-refractivity contribution in [3.8, 4) is 0 Å². The first kappa shape index (κ1) is 12.2. The molecule has 1 aromatic rings. The molecule has 0 fully saturated rings. The van der Waals surface area contributed by atoms with Crippen LogP contribution in [0.25, 0.3) is 0 Å². The van der Waals surface area contributed by atoms with Crippen molar-refractivity contribution >= 4 is 0 Å². The quantitative estimate of drug-likeness (QED) is 0.618. The minimum atomic E-state index is 0.837. The van der Waals surface area contributed by atoms with Gasteiger partial charge in [0.25, 0.3) is 0 Å². The lowest BCUT2D eigenvalue weighted by molar-refractivity contribution is 0.193. The Bertz CT molecular complexity index is 260. The summed E-state index contributed by atoms with van der Waals surface area (Å²) in [6.07, 6.45) is 7.66. The fourth-order valence-electron chi connectivity index (χ4n) is 1.43. The number of aromatic nitrogens is 3. The standard InChI is InChI=1S/C11H21N3O/c1-3-4-8-14-10-11(12-13-14)7-5-6-9-15-2/h10H,3-9H2,1-2H3. The Morgan fingerprint density at radius 2 is 2.20 bits per heavy atom. The normalized spacial score (nSPS) is 10.8. The molecule has 0 atom stereocenters. The number of rotatable bonds is 8. The third-order valence-corrected chi connectivity index (χ3v) is 2.36. The second-order valence-corrected chi connectivity index (χ2v) is 3.78. The molecule has 0 saturated carbocycles. The van der Waals surface area contributed by atoms with Crippen LogP contribution in [0.3, 0.4) is 0 Å². The summed E-state index contributed by atoms with van der Waals surface area (Å²) in [5.74, 6) is 0. The van der Waals surface area contributed by atoms with Crippen LogP contribution in [-0.2, 0) is 17.7 Å². The molecule has 4 heteroatoms. The molecule has 0 saturated heterocycles. The predicted octanol–water partition coefficient (Wildman–Crippen LogP) is 2.05. The molecule has 0 aliphatic rings. The molecule has 0 aliphatic heterocycles. The van der Waals surface area contributed by atoms with Crippen molar-refractivity contribution in [3.05, 3.63) is 11.9 Å². The molecular formula is C11H21N3O. The van der Waals surface area contributed by atoms with Crippen LogP contribution in [0.5, 0.6) is 0 Å². The molecule has 86 valence electrons. The average molecular weight is 211 g/mol.